The Balaban J connectivity index is 1.75. The second-order valence-corrected chi connectivity index (χ2v) is 5.67. The van der Waals surface area contributed by atoms with E-state index in [0.717, 1.165) is 11.3 Å². The number of nitrogens with zero attached hydrogens (tertiary/aromatic N) is 3. The van der Waals surface area contributed by atoms with Crippen LogP contribution in [0.1, 0.15) is 28.9 Å². The van der Waals surface area contributed by atoms with E-state index in [1.807, 2.05) is 31.2 Å². The number of carbonyl (C=O) groups is 1. The summed E-state index contributed by atoms with van der Waals surface area (Å²) in [5.74, 6) is 0.708. The van der Waals surface area contributed by atoms with Crippen LogP contribution >= 0.6 is 0 Å². The van der Waals surface area contributed by atoms with Crippen LogP contribution in [-0.2, 0) is 0 Å². The van der Waals surface area contributed by atoms with Gasteiger partial charge >= 0.3 is 0 Å². The summed E-state index contributed by atoms with van der Waals surface area (Å²) in [6, 6.07) is 12.8. The molecule has 0 saturated heterocycles. The molecule has 3 rings (SSSR count). The van der Waals surface area contributed by atoms with Crippen LogP contribution in [0.15, 0.2) is 55.1 Å². The number of benzene rings is 2. The van der Waals surface area contributed by atoms with Crippen LogP contribution in [0.2, 0.25) is 0 Å². The SMILES string of the molecule is COc1cccc(C(=O)N[C@H](C)c2ccc(-n3cncn3)cc2)c1OC. The van der Waals surface area contributed by atoms with E-state index in [2.05, 4.69) is 15.4 Å². The molecule has 0 unspecified atom stereocenters. The zero-order valence-corrected chi connectivity index (χ0v) is 14.8. The molecule has 0 bridgehead atoms. The molecule has 0 spiro atoms. The van der Waals surface area contributed by atoms with Crippen molar-refractivity contribution in [2.75, 3.05) is 14.2 Å². The van der Waals surface area contributed by atoms with E-state index in [-0.39, 0.29) is 11.9 Å². The van der Waals surface area contributed by atoms with Crippen molar-refractivity contribution in [1.29, 1.82) is 0 Å². The molecule has 2 aromatic carbocycles. The van der Waals surface area contributed by atoms with E-state index in [4.69, 9.17) is 9.47 Å². The summed E-state index contributed by atoms with van der Waals surface area (Å²) in [6.45, 7) is 1.93. The van der Waals surface area contributed by atoms with Gasteiger partial charge in [-0.3, -0.25) is 4.79 Å². The van der Waals surface area contributed by atoms with Crippen molar-refractivity contribution in [3.05, 3.63) is 66.2 Å². The molecule has 1 atom stereocenters. The van der Waals surface area contributed by atoms with Gasteiger partial charge in [0.2, 0.25) is 0 Å². The molecular weight excluding hydrogens is 332 g/mol. The van der Waals surface area contributed by atoms with E-state index in [1.54, 1.807) is 36.3 Å². The Labute approximate surface area is 151 Å². The monoisotopic (exact) mass is 352 g/mol. The highest BCUT2D eigenvalue weighted by atomic mass is 16.5. The first-order chi connectivity index (χ1) is 12.6. The Kier molecular flexibility index (Phi) is 5.17. The number of para-hydroxylation sites is 1. The molecule has 1 amide bonds. The summed E-state index contributed by atoms with van der Waals surface area (Å²) in [5.41, 5.74) is 2.31. The van der Waals surface area contributed by atoms with Crippen molar-refractivity contribution in [1.82, 2.24) is 20.1 Å². The number of carbonyl (C=O) groups excluding carboxylic acids is 1. The van der Waals surface area contributed by atoms with Gasteiger partial charge in [0, 0.05) is 0 Å². The minimum absolute atomic E-state index is 0.178. The molecule has 7 heteroatoms. The lowest BCUT2D eigenvalue weighted by Crippen LogP contribution is -2.27. The number of nitrogens with one attached hydrogen (secondary N) is 1. The van der Waals surface area contributed by atoms with E-state index in [1.165, 1.54) is 13.4 Å². The van der Waals surface area contributed by atoms with Crippen molar-refractivity contribution >= 4 is 5.91 Å². The lowest BCUT2D eigenvalue weighted by atomic mass is 10.1. The fraction of sp³-hybridized carbons (Fsp3) is 0.211. The summed E-state index contributed by atoms with van der Waals surface area (Å²) in [7, 11) is 3.06. The largest absolute Gasteiger partial charge is 0.493 e. The molecule has 0 fully saturated rings. The smallest absolute Gasteiger partial charge is 0.255 e. The molecule has 0 radical (unpaired) electrons. The molecule has 134 valence electrons. The molecule has 0 aliphatic rings. The minimum Gasteiger partial charge on any atom is -0.493 e. The molecule has 26 heavy (non-hydrogen) atoms. The van der Waals surface area contributed by atoms with Gasteiger partial charge in [-0.15, -0.1) is 0 Å². The fourth-order valence-electron chi connectivity index (χ4n) is 2.68. The predicted molar refractivity (Wildman–Crippen MR) is 96.8 cm³/mol. The Bertz CT molecular complexity index is 876. The third-order valence-electron chi connectivity index (χ3n) is 4.07. The van der Waals surface area contributed by atoms with Crippen molar-refractivity contribution < 1.29 is 14.3 Å². The van der Waals surface area contributed by atoms with Gasteiger partial charge in [-0.05, 0) is 36.8 Å². The Morgan fingerprint density at radius 1 is 1.12 bits per heavy atom. The van der Waals surface area contributed by atoms with Crippen molar-refractivity contribution in [2.24, 2.45) is 0 Å². The van der Waals surface area contributed by atoms with Gasteiger partial charge in [-0.1, -0.05) is 18.2 Å². The van der Waals surface area contributed by atoms with Crippen LogP contribution < -0.4 is 14.8 Å². The lowest BCUT2D eigenvalue weighted by Gasteiger charge is -2.17. The summed E-state index contributed by atoms with van der Waals surface area (Å²) in [4.78, 5) is 16.6. The van der Waals surface area contributed by atoms with Crippen LogP contribution in [0.25, 0.3) is 5.69 Å². The summed E-state index contributed by atoms with van der Waals surface area (Å²) in [6.07, 6.45) is 3.12. The average Bonchev–Trinajstić information content (AvgIpc) is 3.22. The third-order valence-corrected chi connectivity index (χ3v) is 4.07. The number of ether oxygens (including phenoxy) is 2. The third kappa shape index (κ3) is 3.51. The number of hydrogen-bond donors (Lipinski definition) is 1. The number of rotatable bonds is 6. The van der Waals surface area contributed by atoms with Gasteiger partial charge < -0.3 is 14.8 Å². The fourth-order valence-corrected chi connectivity index (χ4v) is 2.68. The summed E-state index contributed by atoms with van der Waals surface area (Å²) in [5, 5.41) is 7.08. The van der Waals surface area contributed by atoms with E-state index >= 15 is 0 Å². The van der Waals surface area contributed by atoms with Crippen LogP contribution in [0.4, 0.5) is 0 Å². The van der Waals surface area contributed by atoms with Crippen LogP contribution in [-0.4, -0.2) is 34.9 Å². The molecule has 0 saturated carbocycles. The van der Waals surface area contributed by atoms with Gasteiger partial charge in [-0.2, -0.15) is 5.10 Å². The molecule has 7 nitrogen and oxygen atoms in total. The van der Waals surface area contributed by atoms with Gasteiger partial charge in [0.05, 0.1) is 31.5 Å². The van der Waals surface area contributed by atoms with Crippen molar-refractivity contribution in [2.45, 2.75) is 13.0 Å². The van der Waals surface area contributed by atoms with E-state index in [0.29, 0.717) is 17.1 Å². The molecule has 0 aliphatic carbocycles. The van der Waals surface area contributed by atoms with Gasteiger partial charge in [-0.25, -0.2) is 9.67 Å². The van der Waals surface area contributed by atoms with Crippen LogP contribution in [0, 0.1) is 0 Å². The second kappa shape index (κ2) is 7.69. The minimum atomic E-state index is -0.228. The lowest BCUT2D eigenvalue weighted by molar-refractivity contribution is 0.0936. The van der Waals surface area contributed by atoms with E-state index < -0.39 is 0 Å². The standard InChI is InChI=1S/C19H20N4O3/c1-13(14-7-9-15(10-8-14)23-12-20-11-21-23)22-19(24)16-5-4-6-17(25-2)18(16)26-3/h4-13H,1-3H3,(H,22,24)/t13-/m1/s1. The van der Waals surface area contributed by atoms with Crippen molar-refractivity contribution in [3.8, 4) is 17.2 Å². The van der Waals surface area contributed by atoms with Gasteiger partial charge in [0.1, 0.15) is 12.7 Å². The molecule has 3 aromatic rings. The van der Waals surface area contributed by atoms with E-state index in [9.17, 15) is 4.79 Å². The molecule has 1 heterocycles. The molecule has 1 N–H and O–H groups in total. The highest BCUT2D eigenvalue weighted by Gasteiger charge is 2.18. The first kappa shape index (κ1) is 17.5. The number of aromatic nitrogens is 3. The predicted octanol–water partition coefficient (Wildman–Crippen LogP) is 2.78. The van der Waals surface area contributed by atoms with Gasteiger partial charge in [0.15, 0.2) is 11.5 Å². The zero-order chi connectivity index (χ0) is 18.5. The number of methoxy groups -OCH3 is 2. The first-order valence-corrected chi connectivity index (χ1v) is 8.11. The summed E-state index contributed by atoms with van der Waals surface area (Å²) < 4.78 is 12.3. The Morgan fingerprint density at radius 3 is 2.50 bits per heavy atom. The number of hydrogen-bond acceptors (Lipinski definition) is 5. The molecular formula is C19H20N4O3. The van der Waals surface area contributed by atoms with Crippen LogP contribution in [0.5, 0.6) is 11.5 Å². The average molecular weight is 352 g/mol. The summed E-state index contributed by atoms with van der Waals surface area (Å²) >= 11 is 0. The zero-order valence-electron chi connectivity index (χ0n) is 14.8. The van der Waals surface area contributed by atoms with Crippen LogP contribution in [0.3, 0.4) is 0 Å². The highest BCUT2D eigenvalue weighted by Crippen LogP contribution is 2.31. The maximum Gasteiger partial charge on any atom is 0.255 e. The topological polar surface area (TPSA) is 78.3 Å². The number of amides is 1. The van der Waals surface area contributed by atoms with Crippen molar-refractivity contribution in [3.63, 3.8) is 0 Å². The normalized spacial score (nSPS) is 11.7. The Hall–Kier alpha value is -3.35. The molecule has 0 aliphatic heterocycles. The second-order valence-electron chi connectivity index (χ2n) is 5.67. The Morgan fingerprint density at radius 2 is 1.88 bits per heavy atom. The first-order valence-electron chi connectivity index (χ1n) is 8.11. The quantitative estimate of drug-likeness (QED) is 0.738. The molecule has 1 aromatic heterocycles. The highest BCUT2D eigenvalue weighted by molar-refractivity contribution is 5.98. The maximum atomic E-state index is 12.7. The maximum absolute atomic E-state index is 12.7. The van der Waals surface area contributed by atoms with Gasteiger partial charge in [0.25, 0.3) is 5.91 Å².